The minimum absolute atomic E-state index is 0.0586. The summed E-state index contributed by atoms with van der Waals surface area (Å²) in [6.45, 7) is 4.33. The molecule has 0 spiro atoms. The maximum Gasteiger partial charge on any atom is 0.220 e. The van der Waals surface area contributed by atoms with Crippen molar-refractivity contribution in [1.29, 1.82) is 0 Å². The fourth-order valence-electron chi connectivity index (χ4n) is 7.77. The van der Waals surface area contributed by atoms with Crippen molar-refractivity contribution < 1.29 is 15.0 Å². The minimum Gasteiger partial charge on any atom is -0.394 e. The van der Waals surface area contributed by atoms with E-state index in [2.05, 4.69) is 19.2 Å². The number of hydrogen-bond acceptors (Lipinski definition) is 3. The summed E-state index contributed by atoms with van der Waals surface area (Å²) in [5.74, 6) is -0.0586. The number of nitrogens with one attached hydrogen (secondary N) is 1. The summed E-state index contributed by atoms with van der Waals surface area (Å²) >= 11 is 0. The van der Waals surface area contributed by atoms with E-state index in [1.54, 1.807) is 6.08 Å². The van der Waals surface area contributed by atoms with Crippen molar-refractivity contribution in [2.24, 2.45) is 0 Å². The second-order valence-corrected chi connectivity index (χ2v) is 16.9. The van der Waals surface area contributed by atoms with Crippen molar-refractivity contribution in [2.45, 2.75) is 289 Å². The lowest BCUT2D eigenvalue weighted by Crippen LogP contribution is -2.45. The molecule has 0 rings (SSSR count). The molecule has 0 heterocycles. The van der Waals surface area contributed by atoms with E-state index in [0.29, 0.717) is 6.42 Å². The van der Waals surface area contributed by atoms with Crippen LogP contribution in [0.3, 0.4) is 0 Å². The first-order valence-electron chi connectivity index (χ1n) is 24.4. The van der Waals surface area contributed by atoms with Crippen molar-refractivity contribution in [1.82, 2.24) is 5.32 Å². The number of carbonyl (C=O) groups is 1. The molecule has 2 atom stereocenters. The van der Waals surface area contributed by atoms with Gasteiger partial charge in [0.05, 0.1) is 18.8 Å². The molecule has 0 aromatic rings. The van der Waals surface area contributed by atoms with Crippen LogP contribution in [-0.4, -0.2) is 34.9 Å². The Morgan fingerprint density at radius 3 is 0.981 bits per heavy atom. The number of unbranched alkanes of at least 4 members (excludes halogenated alkanes) is 38. The Labute approximate surface area is 333 Å². The van der Waals surface area contributed by atoms with E-state index in [4.69, 9.17) is 0 Å². The number of hydrogen-bond donors (Lipinski definition) is 3. The van der Waals surface area contributed by atoms with Gasteiger partial charge in [0.1, 0.15) is 0 Å². The molecule has 0 aliphatic heterocycles. The lowest BCUT2D eigenvalue weighted by molar-refractivity contribution is -0.123. The number of carbonyl (C=O) groups excluding carboxylic acids is 1. The van der Waals surface area contributed by atoms with Gasteiger partial charge in [-0.15, -0.1) is 0 Å². The third-order valence-corrected chi connectivity index (χ3v) is 11.5. The van der Waals surface area contributed by atoms with Crippen molar-refractivity contribution in [3.05, 3.63) is 12.2 Å². The number of rotatable bonds is 45. The Morgan fingerprint density at radius 2 is 0.698 bits per heavy atom. The highest BCUT2D eigenvalue weighted by Gasteiger charge is 2.18. The summed E-state index contributed by atoms with van der Waals surface area (Å²) in [5, 5.41) is 23.0. The lowest BCUT2D eigenvalue weighted by Gasteiger charge is -2.20. The quantitative estimate of drug-likeness (QED) is 0.0429. The molecule has 4 nitrogen and oxygen atoms in total. The fraction of sp³-hybridized carbons (Fsp3) is 0.939. The highest BCUT2D eigenvalue weighted by molar-refractivity contribution is 5.76. The number of amides is 1. The Kier molecular flexibility index (Phi) is 44.8. The van der Waals surface area contributed by atoms with Crippen LogP contribution in [-0.2, 0) is 4.79 Å². The van der Waals surface area contributed by atoms with Gasteiger partial charge >= 0.3 is 0 Å². The molecule has 0 aromatic carbocycles. The van der Waals surface area contributed by atoms with Gasteiger partial charge in [-0.2, -0.15) is 0 Å². The van der Waals surface area contributed by atoms with Crippen LogP contribution >= 0.6 is 0 Å². The van der Waals surface area contributed by atoms with Crippen LogP contribution in [0.25, 0.3) is 0 Å². The molecule has 0 fully saturated rings. The van der Waals surface area contributed by atoms with E-state index in [0.717, 1.165) is 25.7 Å². The Morgan fingerprint density at radius 1 is 0.434 bits per heavy atom. The Bertz CT molecular complexity index is 725. The summed E-state index contributed by atoms with van der Waals surface area (Å²) < 4.78 is 0. The van der Waals surface area contributed by atoms with E-state index < -0.39 is 12.1 Å². The van der Waals surface area contributed by atoms with E-state index in [9.17, 15) is 15.0 Å². The van der Waals surface area contributed by atoms with Gasteiger partial charge in [-0.3, -0.25) is 4.79 Å². The average molecular weight is 748 g/mol. The first-order valence-corrected chi connectivity index (χ1v) is 24.4. The predicted molar refractivity (Wildman–Crippen MR) is 235 cm³/mol. The van der Waals surface area contributed by atoms with Crippen molar-refractivity contribution >= 4 is 5.91 Å². The molecule has 3 N–H and O–H groups in total. The summed E-state index contributed by atoms with van der Waals surface area (Å²) in [6.07, 6.45) is 57.8. The van der Waals surface area contributed by atoms with Gasteiger partial charge in [-0.05, 0) is 19.3 Å². The zero-order valence-corrected chi connectivity index (χ0v) is 36.3. The third kappa shape index (κ3) is 42.1. The second-order valence-electron chi connectivity index (χ2n) is 16.9. The van der Waals surface area contributed by atoms with Gasteiger partial charge in [-0.25, -0.2) is 0 Å². The monoisotopic (exact) mass is 748 g/mol. The highest BCUT2D eigenvalue weighted by Crippen LogP contribution is 2.17. The Balaban J connectivity index is 3.42. The molecule has 0 saturated carbocycles. The summed E-state index contributed by atoms with van der Waals surface area (Å²) in [6, 6.07) is -0.616. The average Bonchev–Trinajstić information content (AvgIpc) is 3.16. The van der Waals surface area contributed by atoms with Crippen LogP contribution in [0.2, 0.25) is 0 Å². The highest BCUT2D eigenvalue weighted by atomic mass is 16.3. The molecule has 0 aliphatic rings. The van der Waals surface area contributed by atoms with Gasteiger partial charge in [0.2, 0.25) is 5.91 Å². The van der Waals surface area contributed by atoms with Gasteiger partial charge in [-0.1, -0.05) is 264 Å². The first-order chi connectivity index (χ1) is 26.2. The predicted octanol–water partition coefficient (Wildman–Crippen LogP) is 15.4. The molecule has 316 valence electrons. The largest absolute Gasteiger partial charge is 0.394 e. The van der Waals surface area contributed by atoms with Crippen LogP contribution in [0.4, 0.5) is 0 Å². The second kappa shape index (κ2) is 45.5. The third-order valence-electron chi connectivity index (χ3n) is 11.5. The molecular weight excluding hydrogens is 651 g/mol. The summed E-state index contributed by atoms with van der Waals surface area (Å²) in [4.78, 5) is 12.4. The fourth-order valence-corrected chi connectivity index (χ4v) is 7.77. The van der Waals surface area contributed by atoms with Crippen LogP contribution in [0, 0.1) is 0 Å². The van der Waals surface area contributed by atoms with Gasteiger partial charge in [0, 0.05) is 6.42 Å². The molecule has 4 heteroatoms. The lowest BCUT2D eigenvalue weighted by atomic mass is 10.0. The number of allylic oxidation sites excluding steroid dienone is 1. The molecule has 0 radical (unpaired) electrons. The SMILES string of the molecule is CCCCCCCCCCCCC/C=C/C(O)C(CO)NC(=O)CCCCCCCCCCCCCCCCCCCCCCCCCCCCCC. The van der Waals surface area contributed by atoms with E-state index in [1.165, 1.54) is 231 Å². The van der Waals surface area contributed by atoms with Crippen LogP contribution in [0.15, 0.2) is 12.2 Å². The normalized spacial score (nSPS) is 12.9. The zero-order valence-electron chi connectivity index (χ0n) is 36.3. The Hall–Kier alpha value is -0.870. The molecule has 0 aliphatic carbocycles. The maximum absolute atomic E-state index is 12.4. The molecule has 0 bridgehead atoms. The van der Waals surface area contributed by atoms with Gasteiger partial charge in [0.15, 0.2) is 0 Å². The molecular formula is C49H97NO3. The smallest absolute Gasteiger partial charge is 0.220 e. The molecule has 53 heavy (non-hydrogen) atoms. The van der Waals surface area contributed by atoms with E-state index >= 15 is 0 Å². The maximum atomic E-state index is 12.4. The van der Waals surface area contributed by atoms with Crippen LogP contribution < -0.4 is 5.32 Å². The topological polar surface area (TPSA) is 69.6 Å². The van der Waals surface area contributed by atoms with Crippen LogP contribution in [0.5, 0.6) is 0 Å². The molecule has 1 amide bonds. The van der Waals surface area contributed by atoms with Gasteiger partial charge in [0.25, 0.3) is 0 Å². The minimum atomic E-state index is -0.833. The molecule has 2 unspecified atom stereocenters. The van der Waals surface area contributed by atoms with Crippen molar-refractivity contribution in [2.75, 3.05) is 6.61 Å². The van der Waals surface area contributed by atoms with Crippen LogP contribution in [0.1, 0.15) is 277 Å². The standard InChI is InChI=1S/C49H97NO3/c1-3-5-7-9-11-13-15-17-18-19-20-21-22-23-24-25-26-27-28-29-30-31-33-35-37-39-41-43-45-49(53)50-47(46-51)48(52)44-42-40-38-36-34-32-16-14-12-10-8-6-4-2/h42,44,47-48,51-52H,3-41,43,45-46H2,1-2H3,(H,50,53)/b44-42+. The molecule has 0 aromatic heterocycles. The van der Waals surface area contributed by atoms with Crippen molar-refractivity contribution in [3.8, 4) is 0 Å². The zero-order chi connectivity index (χ0) is 38.6. The summed E-state index contributed by atoms with van der Waals surface area (Å²) in [7, 11) is 0. The van der Waals surface area contributed by atoms with E-state index in [1.807, 2.05) is 6.08 Å². The number of aliphatic hydroxyl groups is 2. The molecule has 0 saturated heterocycles. The number of aliphatic hydroxyl groups excluding tert-OH is 2. The first kappa shape index (κ1) is 52.1. The van der Waals surface area contributed by atoms with Gasteiger partial charge < -0.3 is 15.5 Å². The van der Waals surface area contributed by atoms with Crippen molar-refractivity contribution in [3.63, 3.8) is 0 Å². The van der Waals surface area contributed by atoms with E-state index in [-0.39, 0.29) is 12.5 Å². The summed E-state index contributed by atoms with van der Waals surface area (Å²) in [5.41, 5.74) is 0.